The van der Waals surface area contributed by atoms with Crippen LogP contribution in [0.1, 0.15) is 25.3 Å². The Morgan fingerprint density at radius 2 is 2.03 bits per heavy atom. The average molecular weight is 441 g/mol. The van der Waals surface area contributed by atoms with Crippen molar-refractivity contribution in [2.24, 2.45) is 5.41 Å². The van der Waals surface area contributed by atoms with E-state index in [9.17, 15) is 18.8 Å². The molecular formula is C23H23BClFN2O3. The highest BCUT2D eigenvalue weighted by Crippen LogP contribution is 2.44. The minimum Gasteiger partial charge on any atom is -0.378 e. The minimum absolute atomic E-state index is 0.0288. The van der Waals surface area contributed by atoms with Gasteiger partial charge in [-0.1, -0.05) is 35.9 Å². The van der Waals surface area contributed by atoms with Crippen molar-refractivity contribution >= 4 is 37.0 Å². The Morgan fingerprint density at radius 1 is 1.29 bits per heavy atom. The Hall–Kier alpha value is -2.67. The summed E-state index contributed by atoms with van der Waals surface area (Å²) in [5, 5.41) is 0.468. The number of rotatable bonds is 5. The van der Waals surface area contributed by atoms with Gasteiger partial charge in [-0.25, -0.2) is 4.39 Å². The second-order valence-electron chi connectivity index (χ2n) is 8.48. The average Bonchev–Trinajstić information content (AvgIpc) is 3.28. The van der Waals surface area contributed by atoms with Gasteiger partial charge >= 0.3 is 7.41 Å². The molecule has 2 heterocycles. The van der Waals surface area contributed by atoms with E-state index in [2.05, 4.69) is 0 Å². The molecule has 0 radical (unpaired) electrons. The van der Waals surface area contributed by atoms with E-state index in [0.29, 0.717) is 42.9 Å². The Kier molecular flexibility index (Phi) is 5.89. The maximum atomic E-state index is 14.2. The predicted octanol–water partition coefficient (Wildman–Crippen LogP) is 3.07. The van der Waals surface area contributed by atoms with Crippen LogP contribution in [-0.2, 0) is 20.8 Å². The summed E-state index contributed by atoms with van der Waals surface area (Å²) in [6.45, 7) is 2.51. The highest BCUT2D eigenvalue weighted by molar-refractivity contribution is 6.66. The molecule has 2 aliphatic heterocycles. The lowest BCUT2D eigenvalue weighted by molar-refractivity contribution is -0.133. The van der Waals surface area contributed by atoms with Crippen molar-refractivity contribution in [1.82, 2.24) is 9.71 Å². The number of nitrogens with zero attached hydrogens (tertiary/aromatic N) is 2. The molecule has 2 saturated heterocycles. The van der Waals surface area contributed by atoms with E-state index < -0.39 is 5.41 Å². The zero-order valence-corrected chi connectivity index (χ0v) is 18.1. The lowest BCUT2D eigenvalue weighted by Crippen LogP contribution is -2.42. The number of hydrogen-bond donors (Lipinski definition) is 0. The fourth-order valence-corrected chi connectivity index (χ4v) is 5.08. The molecule has 8 heteroatoms. The minimum atomic E-state index is -0.594. The van der Waals surface area contributed by atoms with Crippen LogP contribution in [0.15, 0.2) is 42.5 Å². The number of halogens is 2. The number of hydrogen-bond acceptors (Lipinski definition) is 3. The Balaban J connectivity index is 1.54. The summed E-state index contributed by atoms with van der Waals surface area (Å²) in [5.74, 6) is -0.404. The third-order valence-corrected chi connectivity index (χ3v) is 6.75. The van der Waals surface area contributed by atoms with Crippen molar-refractivity contribution < 1.29 is 18.8 Å². The number of benzene rings is 2. The maximum Gasteiger partial charge on any atom is 0.313 e. The summed E-state index contributed by atoms with van der Waals surface area (Å²) in [6.07, 6.45) is 2.60. The van der Waals surface area contributed by atoms with E-state index in [1.807, 2.05) is 24.3 Å². The van der Waals surface area contributed by atoms with Crippen LogP contribution in [-0.4, -0.2) is 54.3 Å². The van der Waals surface area contributed by atoms with Gasteiger partial charge in [-0.3, -0.25) is 9.59 Å². The van der Waals surface area contributed by atoms with Gasteiger partial charge in [0.1, 0.15) is 12.0 Å². The lowest BCUT2D eigenvalue weighted by atomic mass is 9.83. The standard InChI is InChI=1S/C23H23BClFN2O3/c1-15(30)27-9-8-23(13-27)12-19(28(22(23)31)24-14-29)10-16-2-4-17(5-3-16)20-11-18(25)6-7-21(20)26/h2-7,11,14,19,24H,8-10,12-13H2,1H3/t19-,23?/m1/s1. The first kappa shape index (κ1) is 21.6. The fraction of sp³-hybridized carbons (Fsp3) is 0.348. The van der Waals surface area contributed by atoms with Crippen molar-refractivity contribution in [2.45, 2.75) is 32.2 Å². The smallest absolute Gasteiger partial charge is 0.313 e. The van der Waals surface area contributed by atoms with Gasteiger partial charge in [-0.2, -0.15) is 0 Å². The summed E-state index contributed by atoms with van der Waals surface area (Å²) >= 11 is 6.00. The molecule has 2 amide bonds. The van der Waals surface area contributed by atoms with Gasteiger partial charge in [0.15, 0.2) is 0 Å². The molecule has 1 spiro atoms. The Morgan fingerprint density at radius 3 is 2.68 bits per heavy atom. The van der Waals surface area contributed by atoms with Gasteiger partial charge in [0, 0.05) is 36.6 Å². The van der Waals surface area contributed by atoms with E-state index in [0.717, 1.165) is 17.3 Å². The molecule has 31 heavy (non-hydrogen) atoms. The van der Waals surface area contributed by atoms with E-state index >= 15 is 0 Å². The highest BCUT2D eigenvalue weighted by atomic mass is 35.5. The number of likely N-dealkylation sites (tertiary alicyclic amines) is 1. The molecule has 5 nitrogen and oxygen atoms in total. The largest absolute Gasteiger partial charge is 0.378 e. The third-order valence-electron chi connectivity index (χ3n) is 6.52. The molecular weight excluding hydrogens is 418 g/mol. The molecule has 2 aromatic rings. The zero-order valence-electron chi connectivity index (χ0n) is 17.3. The molecule has 0 bridgehead atoms. The Labute approximate surface area is 186 Å². The monoisotopic (exact) mass is 440 g/mol. The summed E-state index contributed by atoms with van der Waals surface area (Å²) < 4.78 is 14.2. The van der Waals surface area contributed by atoms with Gasteiger partial charge in [-0.05, 0) is 48.6 Å². The first-order valence-corrected chi connectivity index (χ1v) is 10.8. The third kappa shape index (κ3) is 4.11. The topological polar surface area (TPSA) is 57.7 Å². The second-order valence-corrected chi connectivity index (χ2v) is 8.91. The van der Waals surface area contributed by atoms with Crippen LogP contribution in [0.5, 0.6) is 0 Å². The molecule has 160 valence electrons. The van der Waals surface area contributed by atoms with Crippen molar-refractivity contribution in [2.75, 3.05) is 13.1 Å². The van der Waals surface area contributed by atoms with Crippen LogP contribution in [0.3, 0.4) is 0 Å². The van der Waals surface area contributed by atoms with Gasteiger partial charge in [0.25, 0.3) is 0 Å². The number of amides is 2. The molecule has 4 rings (SSSR count). The van der Waals surface area contributed by atoms with Crippen molar-refractivity contribution in [3.05, 3.63) is 58.9 Å². The van der Waals surface area contributed by atoms with E-state index in [4.69, 9.17) is 11.6 Å². The predicted molar refractivity (Wildman–Crippen MR) is 119 cm³/mol. The number of carbonyl (C=O) groups is 3. The second kappa shape index (κ2) is 8.46. The van der Waals surface area contributed by atoms with Crippen LogP contribution in [0.25, 0.3) is 11.1 Å². The molecule has 2 fully saturated rings. The molecule has 0 saturated carbocycles. The van der Waals surface area contributed by atoms with E-state index in [1.165, 1.54) is 19.1 Å². The van der Waals surface area contributed by atoms with Gasteiger partial charge in [0.05, 0.1) is 5.41 Å². The van der Waals surface area contributed by atoms with Gasteiger partial charge < -0.3 is 14.5 Å². The van der Waals surface area contributed by atoms with Crippen LogP contribution < -0.4 is 0 Å². The van der Waals surface area contributed by atoms with Crippen molar-refractivity contribution in [3.63, 3.8) is 0 Å². The van der Waals surface area contributed by atoms with E-state index in [1.54, 1.807) is 15.8 Å². The van der Waals surface area contributed by atoms with Gasteiger partial charge in [0.2, 0.25) is 11.8 Å². The first-order valence-electron chi connectivity index (χ1n) is 10.4. The summed E-state index contributed by atoms with van der Waals surface area (Å²) in [4.78, 5) is 39.6. The van der Waals surface area contributed by atoms with Crippen LogP contribution in [0.2, 0.25) is 5.02 Å². The van der Waals surface area contributed by atoms with Crippen LogP contribution in [0, 0.1) is 11.2 Å². The molecule has 0 aromatic heterocycles. The zero-order chi connectivity index (χ0) is 22.2. The molecule has 2 aromatic carbocycles. The first-order chi connectivity index (χ1) is 14.8. The lowest BCUT2D eigenvalue weighted by Gasteiger charge is -2.23. The molecule has 2 aliphatic rings. The van der Waals surface area contributed by atoms with Crippen molar-refractivity contribution in [3.8, 4) is 11.1 Å². The van der Waals surface area contributed by atoms with Crippen LogP contribution >= 0.6 is 11.6 Å². The fourth-order valence-electron chi connectivity index (χ4n) is 4.91. The van der Waals surface area contributed by atoms with E-state index in [-0.39, 0.29) is 31.1 Å². The SMILES string of the molecule is CC(=O)N1CCC2(C[C@@H](Cc3ccc(-c4cc(Cl)ccc4F)cc3)N(BC=O)C2=O)C1. The Bertz CT molecular complexity index is 1030. The van der Waals surface area contributed by atoms with Crippen LogP contribution in [0.4, 0.5) is 4.39 Å². The molecule has 0 N–H and O–H groups in total. The molecule has 0 aliphatic carbocycles. The summed E-state index contributed by atoms with van der Waals surface area (Å²) in [6, 6.07) is 11.9. The maximum absolute atomic E-state index is 14.2. The quantitative estimate of drug-likeness (QED) is 0.530. The van der Waals surface area contributed by atoms with Gasteiger partial charge in [-0.15, -0.1) is 0 Å². The number of carbonyl (C=O) groups excluding carboxylic acids is 3. The normalized spacial score (nSPS) is 22.9. The van der Waals surface area contributed by atoms with Crippen molar-refractivity contribution in [1.29, 1.82) is 0 Å². The molecule has 1 unspecified atom stereocenters. The summed E-state index contributed by atoms with van der Waals surface area (Å²) in [7, 11) is 0.0527. The molecule has 2 atom stereocenters. The highest BCUT2D eigenvalue weighted by Gasteiger charge is 2.54. The summed E-state index contributed by atoms with van der Waals surface area (Å²) in [5.41, 5.74) is 1.56.